The Morgan fingerprint density at radius 1 is 1.42 bits per heavy atom. The summed E-state index contributed by atoms with van der Waals surface area (Å²) in [6.07, 6.45) is 2.88. The van der Waals surface area contributed by atoms with E-state index in [1.54, 1.807) is 24.4 Å². The van der Waals surface area contributed by atoms with Crippen LogP contribution in [0.5, 0.6) is 11.6 Å². The molecule has 2 amide bonds. The standard InChI is InChI=1S/C17H19N3O4/c1-2-23-14-8-12-10(7-13(14)16(18)22)5-6-19-17(12)24-9-11-3-4-15(21)20-11/h5-8,11H,2-4,9H2,1H3,(H2,18,22)(H,20,21). The number of carbonyl (C=O) groups excluding carboxylic acids is 2. The highest BCUT2D eigenvalue weighted by Crippen LogP contribution is 2.31. The van der Waals surface area contributed by atoms with Crippen molar-refractivity contribution in [2.75, 3.05) is 13.2 Å². The molecule has 1 aromatic heterocycles. The summed E-state index contributed by atoms with van der Waals surface area (Å²) in [7, 11) is 0. The van der Waals surface area contributed by atoms with E-state index in [-0.39, 0.29) is 11.9 Å². The molecule has 7 nitrogen and oxygen atoms in total. The minimum Gasteiger partial charge on any atom is -0.493 e. The predicted octanol–water partition coefficient (Wildman–Crippen LogP) is 1.39. The van der Waals surface area contributed by atoms with Crippen LogP contribution in [0.2, 0.25) is 0 Å². The number of benzene rings is 1. The molecular formula is C17H19N3O4. The summed E-state index contributed by atoms with van der Waals surface area (Å²) in [6, 6.07) is 5.16. The lowest BCUT2D eigenvalue weighted by molar-refractivity contribution is -0.119. The number of rotatable bonds is 6. The van der Waals surface area contributed by atoms with Crippen molar-refractivity contribution in [2.24, 2.45) is 5.73 Å². The summed E-state index contributed by atoms with van der Waals surface area (Å²) < 4.78 is 11.3. The summed E-state index contributed by atoms with van der Waals surface area (Å²) >= 11 is 0. The van der Waals surface area contributed by atoms with Crippen LogP contribution in [0.3, 0.4) is 0 Å². The van der Waals surface area contributed by atoms with E-state index in [2.05, 4.69) is 10.3 Å². The van der Waals surface area contributed by atoms with Crippen molar-refractivity contribution >= 4 is 22.6 Å². The number of amides is 2. The Bertz CT molecular complexity index is 791. The molecule has 1 unspecified atom stereocenters. The fraction of sp³-hybridized carbons (Fsp3) is 0.353. The third kappa shape index (κ3) is 3.24. The van der Waals surface area contributed by atoms with Gasteiger partial charge in [0.25, 0.3) is 5.91 Å². The number of nitrogens with two attached hydrogens (primary N) is 1. The van der Waals surface area contributed by atoms with Gasteiger partial charge in [0.15, 0.2) is 0 Å². The van der Waals surface area contributed by atoms with Crippen LogP contribution in [-0.2, 0) is 4.79 Å². The van der Waals surface area contributed by atoms with E-state index in [1.165, 1.54) is 0 Å². The van der Waals surface area contributed by atoms with Gasteiger partial charge in [-0.25, -0.2) is 4.98 Å². The van der Waals surface area contributed by atoms with Gasteiger partial charge in [0.1, 0.15) is 12.4 Å². The molecule has 126 valence electrons. The molecular weight excluding hydrogens is 310 g/mol. The summed E-state index contributed by atoms with van der Waals surface area (Å²) in [5.74, 6) is 0.336. The molecule has 1 saturated heterocycles. The van der Waals surface area contributed by atoms with E-state index in [9.17, 15) is 9.59 Å². The predicted molar refractivity (Wildman–Crippen MR) is 88.1 cm³/mol. The average Bonchev–Trinajstić information content (AvgIpc) is 2.98. The first-order valence-corrected chi connectivity index (χ1v) is 7.86. The highest BCUT2D eigenvalue weighted by Gasteiger charge is 2.22. The number of pyridine rings is 1. The molecule has 1 aliphatic heterocycles. The van der Waals surface area contributed by atoms with Gasteiger partial charge in [-0.05, 0) is 36.9 Å². The first kappa shape index (κ1) is 16.0. The van der Waals surface area contributed by atoms with Crippen molar-refractivity contribution in [1.82, 2.24) is 10.3 Å². The van der Waals surface area contributed by atoms with Crippen molar-refractivity contribution in [3.8, 4) is 11.6 Å². The van der Waals surface area contributed by atoms with Crippen LogP contribution in [0, 0.1) is 0 Å². The lowest BCUT2D eigenvalue weighted by Gasteiger charge is -2.14. The van der Waals surface area contributed by atoms with Gasteiger partial charge in [0, 0.05) is 18.0 Å². The summed E-state index contributed by atoms with van der Waals surface area (Å²) in [5, 5.41) is 4.37. The highest BCUT2D eigenvalue weighted by molar-refractivity contribution is 6.01. The van der Waals surface area contributed by atoms with Crippen molar-refractivity contribution in [3.63, 3.8) is 0 Å². The molecule has 0 aliphatic carbocycles. The smallest absolute Gasteiger partial charge is 0.252 e. The summed E-state index contributed by atoms with van der Waals surface area (Å²) in [6.45, 7) is 2.59. The van der Waals surface area contributed by atoms with Gasteiger partial charge in [-0.2, -0.15) is 0 Å². The second-order valence-corrected chi connectivity index (χ2v) is 5.60. The minimum absolute atomic E-state index is 0.00851. The van der Waals surface area contributed by atoms with Crippen molar-refractivity contribution < 1.29 is 19.1 Å². The second kappa shape index (κ2) is 6.74. The maximum absolute atomic E-state index is 11.6. The van der Waals surface area contributed by atoms with Gasteiger partial charge in [-0.15, -0.1) is 0 Å². The molecule has 1 atom stereocenters. The van der Waals surface area contributed by atoms with E-state index < -0.39 is 5.91 Å². The molecule has 24 heavy (non-hydrogen) atoms. The Kier molecular flexibility index (Phi) is 4.50. The number of hydrogen-bond acceptors (Lipinski definition) is 5. The van der Waals surface area contributed by atoms with E-state index in [0.29, 0.717) is 36.8 Å². The van der Waals surface area contributed by atoms with Gasteiger partial charge in [-0.1, -0.05) is 0 Å². The zero-order valence-electron chi connectivity index (χ0n) is 13.4. The fourth-order valence-electron chi connectivity index (χ4n) is 2.74. The number of carbonyl (C=O) groups is 2. The van der Waals surface area contributed by atoms with Crippen LogP contribution >= 0.6 is 0 Å². The van der Waals surface area contributed by atoms with E-state index >= 15 is 0 Å². The number of hydrogen-bond donors (Lipinski definition) is 2. The SMILES string of the molecule is CCOc1cc2c(OCC3CCC(=O)N3)nccc2cc1C(N)=O. The highest BCUT2D eigenvalue weighted by atomic mass is 16.5. The maximum Gasteiger partial charge on any atom is 0.252 e. The van der Waals surface area contributed by atoms with Gasteiger partial charge in [0.05, 0.1) is 18.2 Å². The number of aromatic nitrogens is 1. The van der Waals surface area contributed by atoms with Crippen LogP contribution in [0.25, 0.3) is 10.8 Å². The van der Waals surface area contributed by atoms with Crippen LogP contribution in [0.4, 0.5) is 0 Å². The lowest BCUT2D eigenvalue weighted by Crippen LogP contribution is -2.31. The van der Waals surface area contributed by atoms with Gasteiger partial charge in [-0.3, -0.25) is 9.59 Å². The lowest BCUT2D eigenvalue weighted by atomic mass is 10.1. The van der Waals surface area contributed by atoms with Gasteiger partial charge >= 0.3 is 0 Å². The summed E-state index contributed by atoms with van der Waals surface area (Å²) in [5.41, 5.74) is 5.75. The Labute approximate surface area is 139 Å². The molecule has 1 aliphatic rings. The molecule has 1 fully saturated rings. The van der Waals surface area contributed by atoms with Gasteiger partial charge in [0.2, 0.25) is 11.8 Å². The first-order valence-electron chi connectivity index (χ1n) is 7.86. The third-order valence-corrected chi connectivity index (χ3v) is 3.90. The molecule has 2 heterocycles. The normalized spacial score (nSPS) is 16.9. The first-order chi connectivity index (χ1) is 11.6. The zero-order chi connectivity index (χ0) is 17.1. The Morgan fingerprint density at radius 2 is 2.25 bits per heavy atom. The van der Waals surface area contributed by atoms with E-state index in [0.717, 1.165) is 17.2 Å². The molecule has 7 heteroatoms. The third-order valence-electron chi connectivity index (χ3n) is 3.90. The van der Waals surface area contributed by atoms with Crippen LogP contribution < -0.4 is 20.5 Å². The number of nitrogens with one attached hydrogen (secondary N) is 1. The average molecular weight is 329 g/mol. The molecule has 0 saturated carbocycles. The molecule has 3 rings (SSSR count). The number of primary amides is 1. The second-order valence-electron chi connectivity index (χ2n) is 5.60. The largest absolute Gasteiger partial charge is 0.493 e. The molecule has 3 N–H and O–H groups in total. The Hall–Kier alpha value is -2.83. The zero-order valence-corrected chi connectivity index (χ0v) is 13.4. The van der Waals surface area contributed by atoms with Crippen molar-refractivity contribution in [2.45, 2.75) is 25.8 Å². The fourth-order valence-corrected chi connectivity index (χ4v) is 2.74. The number of nitrogens with zero attached hydrogens (tertiary/aromatic N) is 1. The molecule has 0 radical (unpaired) electrons. The van der Waals surface area contributed by atoms with Crippen molar-refractivity contribution in [3.05, 3.63) is 30.0 Å². The summed E-state index contributed by atoms with van der Waals surface area (Å²) in [4.78, 5) is 27.1. The van der Waals surface area contributed by atoms with Crippen LogP contribution in [0.1, 0.15) is 30.1 Å². The quantitative estimate of drug-likeness (QED) is 0.833. The van der Waals surface area contributed by atoms with E-state index in [4.69, 9.17) is 15.2 Å². The van der Waals surface area contributed by atoms with Gasteiger partial charge < -0.3 is 20.5 Å². The Morgan fingerprint density at radius 3 is 2.92 bits per heavy atom. The Balaban J connectivity index is 1.91. The molecule has 0 bridgehead atoms. The number of ether oxygens (including phenoxy) is 2. The van der Waals surface area contributed by atoms with E-state index in [1.807, 2.05) is 6.92 Å². The molecule has 2 aromatic rings. The van der Waals surface area contributed by atoms with Crippen LogP contribution in [0.15, 0.2) is 24.4 Å². The molecule has 1 aromatic carbocycles. The number of fused-ring (bicyclic) bond motifs is 1. The van der Waals surface area contributed by atoms with Crippen LogP contribution in [-0.4, -0.2) is 36.1 Å². The minimum atomic E-state index is -0.548. The monoisotopic (exact) mass is 329 g/mol. The maximum atomic E-state index is 11.6. The van der Waals surface area contributed by atoms with Crippen molar-refractivity contribution in [1.29, 1.82) is 0 Å². The topological polar surface area (TPSA) is 104 Å². The molecule has 0 spiro atoms.